The molecule has 0 bridgehead atoms. The van der Waals surface area contributed by atoms with Gasteiger partial charge in [0.1, 0.15) is 0 Å². The average molecular weight is 275 g/mol. The van der Waals surface area contributed by atoms with Crippen molar-refractivity contribution in [2.24, 2.45) is 0 Å². The summed E-state index contributed by atoms with van der Waals surface area (Å²) in [6, 6.07) is 0. The largest absolute Gasteiger partial charge is 2.00 e. The summed E-state index contributed by atoms with van der Waals surface area (Å²) in [4.78, 5) is 0. The van der Waals surface area contributed by atoms with Crippen LogP contribution in [0.15, 0.2) is 35.8 Å². The molecule has 0 aromatic heterocycles. The maximum atomic E-state index is 3.14. The van der Waals surface area contributed by atoms with Crippen LogP contribution in [-0.4, -0.2) is 0 Å². The predicted octanol–water partition coefficient (Wildman–Crippen LogP) is 5.32. The zero-order chi connectivity index (χ0) is 11.3. The molecule has 17 heavy (non-hydrogen) atoms. The molecule has 0 saturated carbocycles. The Kier molecular flexibility index (Phi) is 13.2. The van der Waals surface area contributed by atoms with Crippen LogP contribution in [0.25, 0.3) is 0 Å². The van der Waals surface area contributed by atoms with Crippen LogP contribution in [-0.2, 0) is 16.5 Å². The Balaban J connectivity index is 0.000000284. The molecule has 0 saturated heterocycles. The summed E-state index contributed by atoms with van der Waals surface area (Å²) in [5.41, 5.74) is 6.27. The van der Waals surface area contributed by atoms with Gasteiger partial charge >= 0.3 is 16.5 Å². The second kappa shape index (κ2) is 13.6. The van der Waals surface area contributed by atoms with E-state index in [2.05, 4.69) is 35.8 Å². The summed E-state index contributed by atoms with van der Waals surface area (Å²) >= 11 is 0. The van der Waals surface area contributed by atoms with Gasteiger partial charge in [-0.3, -0.25) is 0 Å². The minimum atomic E-state index is 0. The quantitative estimate of drug-likeness (QED) is 0.414. The fourth-order valence-corrected chi connectivity index (χ4v) is 1.84. The molecular weight excluding hydrogens is 251 g/mol. The van der Waals surface area contributed by atoms with E-state index in [0.29, 0.717) is 0 Å². The van der Waals surface area contributed by atoms with Gasteiger partial charge in [0.2, 0.25) is 0 Å². The van der Waals surface area contributed by atoms with Crippen molar-refractivity contribution in [1.82, 2.24) is 0 Å². The van der Waals surface area contributed by atoms with Crippen molar-refractivity contribution in [2.75, 3.05) is 0 Å². The Labute approximate surface area is 116 Å². The Bertz CT molecular complexity index is 226. The topological polar surface area (TPSA) is 0 Å². The molecule has 2 rings (SSSR count). The minimum absolute atomic E-state index is 0. The molecule has 0 spiro atoms. The number of rotatable bonds is 0. The zero-order valence-corrected chi connectivity index (χ0v) is 11.7. The number of allylic oxidation sites excluding steroid dienone is 2. The van der Waals surface area contributed by atoms with E-state index in [0.717, 1.165) is 0 Å². The van der Waals surface area contributed by atoms with Crippen LogP contribution in [0.3, 0.4) is 0 Å². The van der Waals surface area contributed by atoms with Gasteiger partial charge in [0.15, 0.2) is 0 Å². The van der Waals surface area contributed by atoms with Gasteiger partial charge in [0.05, 0.1) is 0 Å². The summed E-state index contributed by atoms with van der Waals surface area (Å²) in [6.07, 6.45) is 21.7. The summed E-state index contributed by atoms with van der Waals surface area (Å²) in [6.45, 7) is 0. The standard InChI is InChI=1S/2C8H12.Ni/c2*1-2-4-6-8-7-5-3-1;/h2*1,5H,2,4,6-8H2;/q;;+2. The molecule has 0 aromatic carbocycles. The molecule has 0 aliphatic heterocycles. The van der Waals surface area contributed by atoms with E-state index >= 15 is 0 Å². The monoisotopic (exact) mass is 274 g/mol. The van der Waals surface area contributed by atoms with Crippen molar-refractivity contribution in [3.63, 3.8) is 0 Å². The van der Waals surface area contributed by atoms with Crippen molar-refractivity contribution in [1.29, 1.82) is 0 Å². The van der Waals surface area contributed by atoms with Crippen molar-refractivity contribution in [3.8, 4) is 0 Å². The third-order valence-electron chi connectivity index (χ3n) is 2.87. The molecule has 0 radical (unpaired) electrons. The molecule has 0 N–H and O–H groups in total. The van der Waals surface area contributed by atoms with E-state index in [9.17, 15) is 0 Å². The van der Waals surface area contributed by atoms with E-state index < -0.39 is 0 Å². The van der Waals surface area contributed by atoms with Crippen LogP contribution >= 0.6 is 0 Å². The normalized spacial score (nSPS) is 18.8. The molecular formula is C16H24Ni+2. The molecule has 2 aliphatic rings. The summed E-state index contributed by atoms with van der Waals surface area (Å²) in [5, 5.41) is 0. The van der Waals surface area contributed by atoms with Gasteiger partial charge in [-0.15, -0.1) is 11.5 Å². The van der Waals surface area contributed by atoms with Crippen LogP contribution in [0.1, 0.15) is 64.2 Å². The number of hydrogen-bond acceptors (Lipinski definition) is 0. The van der Waals surface area contributed by atoms with Crippen LogP contribution in [0.4, 0.5) is 0 Å². The fourth-order valence-electron chi connectivity index (χ4n) is 1.84. The van der Waals surface area contributed by atoms with E-state index in [1.807, 2.05) is 0 Å². The van der Waals surface area contributed by atoms with Crippen molar-refractivity contribution >= 4 is 0 Å². The number of hydrogen-bond donors (Lipinski definition) is 0. The van der Waals surface area contributed by atoms with E-state index in [1.54, 1.807) is 0 Å². The van der Waals surface area contributed by atoms with E-state index in [4.69, 9.17) is 0 Å². The molecule has 1 heteroatoms. The van der Waals surface area contributed by atoms with E-state index in [-0.39, 0.29) is 16.5 Å². The van der Waals surface area contributed by atoms with Crippen LogP contribution in [0.2, 0.25) is 0 Å². The predicted molar refractivity (Wildman–Crippen MR) is 71.5 cm³/mol. The van der Waals surface area contributed by atoms with Gasteiger partial charge in [0, 0.05) is 0 Å². The van der Waals surface area contributed by atoms with Gasteiger partial charge in [-0.25, -0.2) is 0 Å². The summed E-state index contributed by atoms with van der Waals surface area (Å²) in [5.74, 6) is 0. The van der Waals surface area contributed by atoms with Crippen molar-refractivity contribution in [2.45, 2.75) is 64.2 Å². The molecule has 0 heterocycles. The Morgan fingerprint density at radius 3 is 1.06 bits per heavy atom. The minimum Gasteiger partial charge on any atom is -0.130 e. The first-order valence-corrected chi connectivity index (χ1v) is 6.79. The molecule has 0 nitrogen and oxygen atoms in total. The maximum Gasteiger partial charge on any atom is 2.00 e. The van der Waals surface area contributed by atoms with Crippen LogP contribution < -0.4 is 0 Å². The molecule has 0 atom stereocenters. The summed E-state index contributed by atoms with van der Waals surface area (Å²) < 4.78 is 0. The fraction of sp³-hybridized carbons (Fsp3) is 0.625. The Morgan fingerprint density at radius 2 is 0.765 bits per heavy atom. The van der Waals surface area contributed by atoms with Gasteiger partial charge in [-0.1, -0.05) is 12.8 Å². The first kappa shape index (κ1) is 16.5. The van der Waals surface area contributed by atoms with Crippen molar-refractivity contribution < 1.29 is 16.5 Å². The molecule has 0 fully saturated rings. The first-order chi connectivity index (χ1) is 8.00. The molecule has 2 aliphatic carbocycles. The molecule has 96 valence electrons. The molecule has 0 aromatic rings. The van der Waals surface area contributed by atoms with Gasteiger partial charge in [-0.2, -0.15) is 0 Å². The molecule has 0 amide bonds. The Hall–Kier alpha value is -0.466. The van der Waals surface area contributed by atoms with Crippen LogP contribution in [0, 0.1) is 0 Å². The third-order valence-corrected chi connectivity index (χ3v) is 2.87. The van der Waals surface area contributed by atoms with Crippen LogP contribution in [0.5, 0.6) is 0 Å². The summed E-state index contributed by atoms with van der Waals surface area (Å²) in [7, 11) is 0. The second-order valence-electron chi connectivity index (χ2n) is 4.43. The first-order valence-electron chi connectivity index (χ1n) is 6.79. The molecule has 0 unspecified atom stereocenters. The zero-order valence-electron chi connectivity index (χ0n) is 10.7. The van der Waals surface area contributed by atoms with Gasteiger partial charge in [-0.05, 0) is 75.7 Å². The smallest absolute Gasteiger partial charge is 0.130 e. The Morgan fingerprint density at radius 1 is 0.471 bits per heavy atom. The third kappa shape index (κ3) is 11.8. The second-order valence-corrected chi connectivity index (χ2v) is 4.43. The van der Waals surface area contributed by atoms with Gasteiger partial charge in [0.25, 0.3) is 0 Å². The average Bonchev–Trinajstić information content (AvgIpc) is 2.15. The van der Waals surface area contributed by atoms with Crippen molar-refractivity contribution in [3.05, 3.63) is 35.8 Å². The van der Waals surface area contributed by atoms with E-state index in [1.165, 1.54) is 64.2 Å². The SMILES string of the molecule is C1=CCCCCCC=1.C1=CCCCCCC=1.[Ni+2]. The van der Waals surface area contributed by atoms with Gasteiger partial charge < -0.3 is 0 Å². The maximum absolute atomic E-state index is 3.14.